The number of benzene rings is 1. The Bertz CT molecular complexity index is 871. The fourth-order valence-corrected chi connectivity index (χ4v) is 3.45. The van der Waals surface area contributed by atoms with Crippen LogP contribution < -0.4 is 10.6 Å². The van der Waals surface area contributed by atoms with Crippen molar-refractivity contribution in [3.05, 3.63) is 34.9 Å². The topological polar surface area (TPSA) is 123 Å². The molecule has 35 heavy (non-hydrogen) atoms. The second-order valence-corrected chi connectivity index (χ2v) is 9.41. The minimum atomic E-state index is -0.776. The maximum absolute atomic E-state index is 12.6. The molecule has 3 amide bonds. The van der Waals surface area contributed by atoms with Crippen molar-refractivity contribution in [2.45, 2.75) is 51.8 Å². The summed E-state index contributed by atoms with van der Waals surface area (Å²) >= 11 is 5.89. The molecule has 0 bridgehead atoms. The molecular formula is C24H34ClN3O7. The van der Waals surface area contributed by atoms with Crippen molar-refractivity contribution in [1.82, 2.24) is 15.5 Å². The number of nitrogens with one attached hydrogen (secondary N) is 2. The summed E-state index contributed by atoms with van der Waals surface area (Å²) in [6.07, 6.45) is 0.0425. The van der Waals surface area contributed by atoms with Crippen molar-refractivity contribution in [3.63, 3.8) is 0 Å². The van der Waals surface area contributed by atoms with Crippen LogP contribution in [0.3, 0.4) is 0 Å². The minimum Gasteiger partial charge on any atom is -0.444 e. The number of ether oxygens (including phenoxy) is 3. The first kappa shape index (κ1) is 28.5. The zero-order valence-electron chi connectivity index (χ0n) is 20.4. The SMILES string of the molecule is CC(C)(C)OC(=O)NCCOCCOCCNC(=O)C(=O)C1CCC(=O)N1Cc1ccc(Cl)cc1. The van der Waals surface area contributed by atoms with E-state index in [1.165, 1.54) is 4.90 Å². The lowest BCUT2D eigenvalue weighted by atomic mass is 10.1. The smallest absolute Gasteiger partial charge is 0.407 e. The molecule has 1 unspecified atom stereocenters. The van der Waals surface area contributed by atoms with E-state index >= 15 is 0 Å². The molecular weight excluding hydrogens is 478 g/mol. The molecule has 1 aliphatic heterocycles. The minimum absolute atomic E-state index is 0.155. The molecule has 2 rings (SSSR count). The van der Waals surface area contributed by atoms with Gasteiger partial charge < -0.3 is 29.7 Å². The van der Waals surface area contributed by atoms with Gasteiger partial charge in [-0.15, -0.1) is 0 Å². The Morgan fingerprint density at radius 1 is 1.00 bits per heavy atom. The summed E-state index contributed by atoms with van der Waals surface area (Å²) in [4.78, 5) is 50.1. The fraction of sp³-hybridized carbons (Fsp3) is 0.583. The third kappa shape index (κ3) is 10.6. The van der Waals surface area contributed by atoms with Gasteiger partial charge in [0.1, 0.15) is 11.6 Å². The predicted octanol–water partition coefficient (Wildman–Crippen LogP) is 2.07. The molecule has 1 aromatic carbocycles. The predicted molar refractivity (Wildman–Crippen MR) is 129 cm³/mol. The largest absolute Gasteiger partial charge is 0.444 e. The van der Waals surface area contributed by atoms with Crippen LogP contribution in [0.1, 0.15) is 39.2 Å². The molecule has 10 nitrogen and oxygen atoms in total. The zero-order valence-corrected chi connectivity index (χ0v) is 21.2. The second kappa shape index (κ2) is 14.0. The van der Waals surface area contributed by atoms with Gasteiger partial charge in [-0.3, -0.25) is 14.4 Å². The molecule has 1 aliphatic rings. The molecule has 1 heterocycles. The van der Waals surface area contributed by atoms with Crippen molar-refractivity contribution in [3.8, 4) is 0 Å². The standard InChI is InChI=1S/C24H34ClN3O7/c1-24(2,3)35-23(32)27-11-13-34-15-14-33-12-10-26-22(31)21(30)19-8-9-20(29)28(19)16-17-4-6-18(25)7-5-17/h4-7,19H,8-16H2,1-3H3,(H,26,31)(H,27,32). The third-order valence-electron chi connectivity index (χ3n) is 4.94. The van der Waals surface area contributed by atoms with Gasteiger partial charge in [-0.25, -0.2) is 4.79 Å². The number of likely N-dealkylation sites (tertiary alicyclic amines) is 1. The fourth-order valence-electron chi connectivity index (χ4n) is 3.33. The lowest BCUT2D eigenvalue weighted by Gasteiger charge is -2.23. The molecule has 0 radical (unpaired) electrons. The summed E-state index contributed by atoms with van der Waals surface area (Å²) in [7, 11) is 0. The van der Waals surface area contributed by atoms with Crippen molar-refractivity contribution < 1.29 is 33.4 Å². The van der Waals surface area contributed by atoms with Gasteiger partial charge in [-0.1, -0.05) is 23.7 Å². The number of Topliss-reactive ketones (excluding diaryl/α,β-unsaturated/α-hetero) is 1. The average Bonchev–Trinajstić information content (AvgIpc) is 3.14. The Morgan fingerprint density at radius 3 is 2.20 bits per heavy atom. The Labute approximate surface area is 210 Å². The number of nitrogens with zero attached hydrogens (tertiary/aromatic N) is 1. The van der Waals surface area contributed by atoms with Crippen LogP contribution in [-0.2, 0) is 35.1 Å². The number of alkyl carbamates (subject to hydrolysis) is 1. The molecule has 0 spiro atoms. The maximum Gasteiger partial charge on any atom is 0.407 e. The van der Waals surface area contributed by atoms with E-state index in [4.69, 9.17) is 25.8 Å². The van der Waals surface area contributed by atoms with Gasteiger partial charge in [0, 0.05) is 31.1 Å². The van der Waals surface area contributed by atoms with Gasteiger partial charge in [0.05, 0.1) is 26.4 Å². The maximum atomic E-state index is 12.6. The molecule has 2 N–H and O–H groups in total. The Hall–Kier alpha value is -2.69. The first-order valence-corrected chi connectivity index (χ1v) is 11.9. The Kier molecular flexibility index (Phi) is 11.4. The highest BCUT2D eigenvalue weighted by molar-refractivity contribution is 6.38. The first-order valence-electron chi connectivity index (χ1n) is 11.5. The summed E-state index contributed by atoms with van der Waals surface area (Å²) in [6, 6.07) is 6.23. The third-order valence-corrected chi connectivity index (χ3v) is 5.19. The average molecular weight is 512 g/mol. The summed E-state index contributed by atoms with van der Waals surface area (Å²) in [6.45, 7) is 7.18. The van der Waals surface area contributed by atoms with Gasteiger partial charge in [0.15, 0.2) is 0 Å². The number of amides is 3. The Morgan fingerprint density at radius 2 is 1.60 bits per heavy atom. The number of halogens is 1. The number of hydrogen-bond acceptors (Lipinski definition) is 7. The number of carbonyl (C=O) groups is 4. The van der Waals surface area contributed by atoms with E-state index in [2.05, 4.69) is 10.6 Å². The van der Waals surface area contributed by atoms with E-state index in [0.29, 0.717) is 37.8 Å². The van der Waals surface area contributed by atoms with Crippen LogP contribution in [0, 0.1) is 0 Å². The monoisotopic (exact) mass is 511 g/mol. The number of ketones is 1. The second-order valence-electron chi connectivity index (χ2n) is 8.98. The molecule has 11 heteroatoms. The van der Waals surface area contributed by atoms with Gasteiger partial charge in [-0.2, -0.15) is 0 Å². The molecule has 1 fully saturated rings. The lowest BCUT2D eigenvalue weighted by molar-refractivity contribution is -0.143. The van der Waals surface area contributed by atoms with Crippen LogP contribution in [0.25, 0.3) is 0 Å². The summed E-state index contributed by atoms with van der Waals surface area (Å²) in [5, 5.41) is 5.70. The van der Waals surface area contributed by atoms with Gasteiger partial charge >= 0.3 is 6.09 Å². The molecule has 1 saturated heterocycles. The first-order chi connectivity index (χ1) is 16.6. The molecule has 1 aromatic rings. The lowest BCUT2D eigenvalue weighted by Crippen LogP contribution is -2.46. The Balaban J connectivity index is 1.58. The van der Waals surface area contributed by atoms with E-state index in [-0.39, 0.29) is 32.0 Å². The molecule has 0 aliphatic carbocycles. The van der Waals surface area contributed by atoms with Gasteiger partial charge in [0.2, 0.25) is 11.7 Å². The van der Waals surface area contributed by atoms with E-state index in [1.54, 1.807) is 45.0 Å². The highest BCUT2D eigenvalue weighted by atomic mass is 35.5. The van der Waals surface area contributed by atoms with Crippen LogP contribution in [-0.4, -0.2) is 79.8 Å². The summed E-state index contributed by atoms with van der Waals surface area (Å²) < 4.78 is 15.8. The zero-order chi connectivity index (χ0) is 25.8. The van der Waals surface area contributed by atoms with E-state index in [1.807, 2.05) is 0 Å². The normalized spacial score (nSPS) is 15.7. The van der Waals surface area contributed by atoms with Crippen LogP contribution in [0.15, 0.2) is 24.3 Å². The van der Waals surface area contributed by atoms with E-state index in [0.717, 1.165) is 5.56 Å². The number of hydrogen-bond donors (Lipinski definition) is 2. The van der Waals surface area contributed by atoms with Crippen molar-refractivity contribution in [2.75, 3.05) is 39.5 Å². The van der Waals surface area contributed by atoms with Gasteiger partial charge in [0.25, 0.3) is 5.91 Å². The summed E-state index contributed by atoms with van der Waals surface area (Å²) in [5.74, 6) is -1.53. The van der Waals surface area contributed by atoms with Crippen LogP contribution in [0.2, 0.25) is 5.02 Å². The molecule has 0 aromatic heterocycles. The summed E-state index contributed by atoms with van der Waals surface area (Å²) in [5.41, 5.74) is 0.281. The van der Waals surface area contributed by atoms with Crippen LogP contribution in [0.5, 0.6) is 0 Å². The molecule has 1 atom stereocenters. The van der Waals surface area contributed by atoms with Crippen LogP contribution in [0.4, 0.5) is 4.79 Å². The van der Waals surface area contributed by atoms with Crippen molar-refractivity contribution in [2.24, 2.45) is 0 Å². The molecule has 0 saturated carbocycles. The van der Waals surface area contributed by atoms with E-state index in [9.17, 15) is 19.2 Å². The van der Waals surface area contributed by atoms with Crippen molar-refractivity contribution >= 4 is 35.3 Å². The van der Waals surface area contributed by atoms with Crippen molar-refractivity contribution in [1.29, 1.82) is 0 Å². The highest BCUT2D eigenvalue weighted by Crippen LogP contribution is 2.23. The number of rotatable bonds is 13. The van der Waals surface area contributed by atoms with Crippen LogP contribution >= 0.6 is 11.6 Å². The number of carbonyl (C=O) groups excluding carboxylic acids is 4. The highest BCUT2D eigenvalue weighted by Gasteiger charge is 2.38. The quantitative estimate of drug-likeness (QED) is 0.307. The van der Waals surface area contributed by atoms with Gasteiger partial charge in [-0.05, 0) is 44.9 Å². The van der Waals surface area contributed by atoms with E-state index < -0.39 is 29.4 Å². The molecule has 194 valence electrons.